The van der Waals surface area contributed by atoms with Gasteiger partial charge in [-0.25, -0.2) is 0 Å². The first-order valence-corrected chi connectivity index (χ1v) is 7.84. The van der Waals surface area contributed by atoms with Gasteiger partial charge in [0, 0.05) is 18.1 Å². The van der Waals surface area contributed by atoms with Crippen LogP contribution in [0.5, 0.6) is 0 Å². The third-order valence-electron chi connectivity index (χ3n) is 4.68. The zero-order valence-corrected chi connectivity index (χ0v) is 12.5. The van der Waals surface area contributed by atoms with Gasteiger partial charge in [0.25, 0.3) is 0 Å². The summed E-state index contributed by atoms with van der Waals surface area (Å²) in [6.07, 6.45) is 6.74. The third kappa shape index (κ3) is 4.22. The second-order valence-electron chi connectivity index (χ2n) is 6.50. The van der Waals surface area contributed by atoms with Crippen molar-refractivity contribution in [2.75, 3.05) is 33.2 Å². The number of nitrogens with zero attached hydrogens (tertiary/aromatic N) is 2. The lowest BCUT2D eigenvalue weighted by atomic mass is 10.0. The fourth-order valence-corrected chi connectivity index (χ4v) is 3.31. The molecule has 2 aliphatic heterocycles. The van der Waals surface area contributed by atoms with Crippen molar-refractivity contribution in [1.29, 1.82) is 0 Å². The molecule has 2 aliphatic rings. The Morgan fingerprint density at radius 3 is 2.17 bits per heavy atom. The van der Waals surface area contributed by atoms with Crippen LogP contribution in [0.25, 0.3) is 0 Å². The first-order valence-electron chi connectivity index (χ1n) is 7.84. The molecule has 18 heavy (non-hydrogen) atoms. The predicted molar refractivity (Wildman–Crippen MR) is 78.0 cm³/mol. The maximum absolute atomic E-state index is 3.92. The molecule has 2 rings (SSSR count). The van der Waals surface area contributed by atoms with E-state index in [-0.39, 0.29) is 0 Å². The van der Waals surface area contributed by atoms with E-state index in [0.29, 0.717) is 6.04 Å². The minimum Gasteiger partial charge on any atom is -0.311 e. The zero-order valence-electron chi connectivity index (χ0n) is 12.5. The molecule has 0 aromatic heterocycles. The molecule has 106 valence electrons. The number of hydrogen-bond donors (Lipinski definition) is 1. The topological polar surface area (TPSA) is 18.5 Å². The molecule has 2 saturated heterocycles. The van der Waals surface area contributed by atoms with Crippen LogP contribution in [0.1, 0.15) is 46.0 Å². The van der Waals surface area contributed by atoms with Crippen molar-refractivity contribution in [1.82, 2.24) is 15.1 Å². The van der Waals surface area contributed by atoms with Crippen molar-refractivity contribution < 1.29 is 0 Å². The predicted octanol–water partition coefficient (Wildman–Crippen LogP) is 1.93. The Labute approximate surface area is 113 Å². The molecular weight excluding hydrogens is 222 g/mol. The number of hydrogen-bond acceptors (Lipinski definition) is 3. The standard InChI is InChI=1S/C15H31N3/c1-13(2)18-9-4-5-14(8-12-18)16-15-6-10-17(3)11-7-15/h13-16H,4-12H2,1-3H3. The molecule has 2 fully saturated rings. The Morgan fingerprint density at radius 2 is 1.50 bits per heavy atom. The highest BCUT2D eigenvalue weighted by molar-refractivity contribution is 4.82. The van der Waals surface area contributed by atoms with Gasteiger partial charge in [-0.3, -0.25) is 0 Å². The molecule has 1 atom stereocenters. The van der Waals surface area contributed by atoms with E-state index < -0.39 is 0 Å². The quantitative estimate of drug-likeness (QED) is 0.829. The van der Waals surface area contributed by atoms with E-state index in [9.17, 15) is 0 Å². The monoisotopic (exact) mass is 253 g/mol. The number of nitrogens with one attached hydrogen (secondary N) is 1. The lowest BCUT2D eigenvalue weighted by molar-refractivity contribution is 0.213. The Balaban J connectivity index is 1.73. The van der Waals surface area contributed by atoms with E-state index in [1.165, 1.54) is 58.3 Å². The summed E-state index contributed by atoms with van der Waals surface area (Å²) in [5.41, 5.74) is 0. The van der Waals surface area contributed by atoms with Crippen LogP contribution < -0.4 is 5.32 Å². The fraction of sp³-hybridized carbons (Fsp3) is 1.00. The van der Waals surface area contributed by atoms with Crippen LogP contribution >= 0.6 is 0 Å². The van der Waals surface area contributed by atoms with Gasteiger partial charge >= 0.3 is 0 Å². The van der Waals surface area contributed by atoms with Crippen molar-refractivity contribution in [2.45, 2.75) is 64.1 Å². The van der Waals surface area contributed by atoms with Gasteiger partial charge < -0.3 is 15.1 Å². The molecule has 1 unspecified atom stereocenters. The number of likely N-dealkylation sites (tertiary alicyclic amines) is 2. The van der Waals surface area contributed by atoms with Crippen LogP contribution in [0.4, 0.5) is 0 Å². The van der Waals surface area contributed by atoms with Crippen molar-refractivity contribution >= 4 is 0 Å². The van der Waals surface area contributed by atoms with Gasteiger partial charge in [-0.1, -0.05) is 0 Å². The number of piperidine rings is 1. The second kappa shape index (κ2) is 6.88. The average Bonchev–Trinajstić information content (AvgIpc) is 2.58. The second-order valence-corrected chi connectivity index (χ2v) is 6.50. The fourth-order valence-electron chi connectivity index (χ4n) is 3.31. The Morgan fingerprint density at radius 1 is 0.889 bits per heavy atom. The molecule has 0 aliphatic carbocycles. The summed E-state index contributed by atoms with van der Waals surface area (Å²) in [7, 11) is 2.24. The van der Waals surface area contributed by atoms with Crippen LogP contribution in [-0.4, -0.2) is 61.2 Å². The third-order valence-corrected chi connectivity index (χ3v) is 4.68. The van der Waals surface area contributed by atoms with E-state index >= 15 is 0 Å². The summed E-state index contributed by atoms with van der Waals surface area (Å²) in [4.78, 5) is 5.09. The summed E-state index contributed by atoms with van der Waals surface area (Å²) in [5, 5.41) is 3.92. The van der Waals surface area contributed by atoms with Crippen LogP contribution in [0.2, 0.25) is 0 Å². The summed E-state index contributed by atoms with van der Waals surface area (Å²) >= 11 is 0. The first kappa shape index (κ1) is 14.3. The Hall–Kier alpha value is -0.120. The Bertz CT molecular complexity index is 234. The van der Waals surface area contributed by atoms with Gasteiger partial charge in [0.2, 0.25) is 0 Å². The molecule has 0 saturated carbocycles. The van der Waals surface area contributed by atoms with Gasteiger partial charge in [-0.2, -0.15) is 0 Å². The van der Waals surface area contributed by atoms with E-state index in [0.717, 1.165) is 12.1 Å². The van der Waals surface area contributed by atoms with E-state index in [4.69, 9.17) is 0 Å². The summed E-state index contributed by atoms with van der Waals surface area (Å²) in [6.45, 7) is 9.76. The van der Waals surface area contributed by atoms with E-state index in [2.05, 4.69) is 36.0 Å². The molecule has 0 spiro atoms. The highest BCUT2D eigenvalue weighted by Crippen LogP contribution is 2.16. The first-order chi connectivity index (χ1) is 8.65. The Kier molecular flexibility index (Phi) is 5.46. The van der Waals surface area contributed by atoms with Gasteiger partial charge in [0.15, 0.2) is 0 Å². The molecule has 3 heteroatoms. The maximum atomic E-state index is 3.92. The zero-order chi connectivity index (χ0) is 13.0. The van der Waals surface area contributed by atoms with Gasteiger partial charge in [0.05, 0.1) is 0 Å². The van der Waals surface area contributed by atoms with Gasteiger partial charge in [0.1, 0.15) is 0 Å². The minimum atomic E-state index is 0.715. The summed E-state index contributed by atoms with van der Waals surface area (Å²) in [5.74, 6) is 0. The van der Waals surface area contributed by atoms with Crippen LogP contribution in [0.3, 0.4) is 0 Å². The van der Waals surface area contributed by atoms with Crippen molar-refractivity contribution in [3.63, 3.8) is 0 Å². The minimum absolute atomic E-state index is 0.715. The largest absolute Gasteiger partial charge is 0.311 e. The van der Waals surface area contributed by atoms with Crippen LogP contribution in [0.15, 0.2) is 0 Å². The van der Waals surface area contributed by atoms with Crippen molar-refractivity contribution in [3.8, 4) is 0 Å². The van der Waals surface area contributed by atoms with E-state index in [1.54, 1.807) is 0 Å². The van der Waals surface area contributed by atoms with Gasteiger partial charge in [-0.05, 0) is 79.2 Å². The summed E-state index contributed by atoms with van der Waals surface area (Å²) < 4.78 is 0. The average molecular weight is 253 g/mol. The summed E-state index contributed by atoms with van der Waals surface area (Å²) in [6, 6.07) is 2.26. The molecule has 1 N–H and O–H groups in total. The van der Waals surface area contributed by atoms with Gasteiger partial charge in [-0.15, -0.1) is 0 Å². The molecule has 0 aromatic carbocycles. The molecular formula is C15H31N3. The molecule has 0 aromatic rings. The van der Waals surface area contributed by atoms with Crippen LogP contribution in [0, 0.1) is 0 Å². The highest BCUT2D eigenvalue weighted by Gasteiger charge is 2.22. The van der Waals surface area contributed by atoms with Crippen molar-refractivity contribution in [2.24, 2.45) is 0 Å². The molecule has 2 heterocycles. The molecule has 0 bridgehead atoms. The normalized spacial score (nSPS) is 29.7. The lowest BCUT2D eigenvalue weighted by Gasteiger charge is -2.32. The van der Waals surface area contributed by atoms with Crippen LogP contribution in [-0.2, 0) is 0 Å². The molecule has 0 radical (unpaired) electrons. The lowest BCUT2D eigenvalue weighted by Crippen LogP contribution is -2.45. The van der Waals surface area contributed by atoms with Crippen molar-refractivity contribution in [3.05, 3.63) is 0 Å². The SMILES string of the molecule is CC(C)N1CCCC(NC2CCN(C)CC2)CC1. The molecule has 0 amide bonds. The number of rotatable bonds is 3. The maximum Gasteiger partial charge on any atom is 0.00940 e. The molecule has 3 nitrogen and oxygen atoms in total. The highest BCUT2D eigenvalue weighted by atomic mass is 15.2. The smallest absolute Gasteiger partial charge is 0.00940 e. The van der Waals surface area contributed by atoms with E-state index in [1.807, 2.05) is 0 Å².